The summed E-state index contributed by atoms with van der Waals surface area (Å²) in [6, 6.07) is 0. The normalized spacial score (nSPS) is 16.6. The van der Waals surface area contributed by atoms with Crippen LogP contribution in [0.15, 0.2) is 17.2 Å². The van der Waals surface area contributed by atoms with Crippen LogP contribution in [0.25, 0.3) is 0 Å². The fraction of sp³-hybridized carbons (Fsp3) is 0.333. The molecule has 0 aromatic carbocycles. The maximum absolute atomic E-state index is 11.4. The quantitative estimate of drug-likeness (QED) is 0.484. The summed E-state index contributed by atoms with van der Waals surface area (Å²) in [5.41, 5.74) is 1.03. The number of allylic oxidation sites excluding steroid dienone is 1. The molecule has 1 aliphatic rings. The molecule has 1 aliphatic heterocycles. The Hall–Kier alpha value is -1.25. The summed E-state index contributed by atoms with van der Waals surface area (Å²) < 4.78 is 0. The fourth-order valence-electron chi connectivity index (χ4n) is 1.22. The number of nitrogens with zero attached hydrogens (tertiary/aromatic N) is 1. The van der Waals surface area contributed by atoms with Gasteiger partial charge in [-0.3, -0.25) is 14.5 Å². The Morgan fingerprint density at radius 3 is 2.46 bits per heavy atom. The van der Waals surface area contributed by atoms with Crippen molar-refractivity contribution in [2.75, 3.05) is 7.05 Å². The van der Waals surface area contributed by atoms with Crippen LogP contribution in [0.1, 0.15) is 13.3 Å². The molecule has 3 nitrogen and oxygen atoms in total. The van der Waals surface area contributed by atoms with Gasteiger partial charge in [0.1, 0.15) is 0 Å². The number of amides is 2. The lowest BCUT2D eigenvalue weighted by molar-refractivity contribution is -0.135. The summed E-state index contributed by atoms with van der Waals surface area (Å²) >= 11 is 4.48. The number of carbonyl (C=O) groups is 2. The van der Waals surface area contributed by atoms with E-state index in [9.17, 15) is 9.59 Å². The van der Waals surface area contributed by atoms with Gasteiger partial charge in [0, 0.05) is 24.6 Å². The highest BCUT2D eigenvalue weighted by Gasteiger charge is 2.31. The van der Waals surface area contributed by atoms with Crippen LogP contribution in [0, 0.1) is 0 Å². The monoisotopic (exact) mass is 195 g/mol. The zero-order valence-electron chi connectivity index (χ0n) is 7.46. The van der Waals surface area contributed by atoms with E-state index in [1.807, 2.05) is 0 Å². The van der Waals surface area contributed by atoms with E-state index in [0.29, 0.717) is 17.6 Å². The highest BCUT2D eigenvalue weighted by molar-refractivity contribution is 7.78. The Balaban J connectivity index is 3.00. The smallest absolute Gasteiger partial charge is 0.257 e. The molecule has 0 atom stereocenters. The summed E-state index contributed by atoms with van der Waals surface area (Å²) in [4.78, 5) is 23.8. The summed E-state index contributed by atoms with van der Waals surface area (Å²) in [5, 5.41) is 2.41. The van der Waals surface area contributed by atoms with Crippen molar-refractivity contribution in [2.24, 2.45) is 0 Å². The number of hydrogen-bond donors (Lipinski definition) is 0. The first-order valence-electron chi connectivity index (χ1n) is 3.81. The molecular formula is C9H9NO2S. The first-order valence-corrected chi connectivity index (χ1v) is 4.22. The molecule has 0 aromatic rings. The highest BCUT2D eigenvalue weighted by Crippen LogP contribution is 2.21. The lowest BCUT2D eigenvalue weighted by atomic mass is 10.1. The Morgan fingerprint density at radius 2 is 2.08 bits per heavy atom. The molecule has 0 bridgehead atoms. The molecule has 0 aliphatic carbocycles. The van der Waals surface area contributed by atoms with E-state index < -0.39 is 0 Å². The molecule has 1 heterocycles. The molecule has 2 amide bonds. The lowest BCUT2D eigenvalue weighted by Gasteiger charge is -2.04. The average Bonchev–Trinajstić information content (AvgIpc) is 2.30. The van der Waals surface area contributed by atoms with Gasteiger partial charge in [-0.15, -0.1) is 0 Å². The molecule has 0 N–H and O–H groups in total. The van der Waals surface area contributed by atoms with Gasteiger partial charge < -0.3 is 0 Å². The van der Waals surface area contributed by atoms with Crippen molar-refractivity contribution in [1.82, 2.24) is 4.90 Å². The van der Waals surface area contributed by atoms with Crippen molar-refractivity contribution in [3.8, 4) is 0 Å². The summed E-state index contributed by atoms with van der Waals surface area (Å²) in [6.45, 7) is 1.65. The Kier molecular flexibility index (Phi) is 2.76. The summed E-state index contributed by atoms with van der Waals surface area (Å²) in [5.74, 6) is -0.457. The minimum absolute atomic E-state index is 0.224. The topological polar surface area (TPSA) is 37.4 Å². The van der Waals surface area contributed by atoms with Crippen LogP contribution < -0.4 is 0 Å². The van der Waals surface area contributed by atoms with Crippen molar-refractivity contribution in [1.29, 1.82) is 0 Å². The third kappa shape index (κ3) is 1.59. The predicted octanol–water partition coefficient (Wildman–Crippen LogP) is 0.846. The minimum Gasteiger partial charge on any atom is -0.278 e. The molecule has 13 heavy (non-hydrogen) atoms. The van der Waals surface area contributed by atoms with Gasteiger partial charge in [0.15, 0.2) is 0 Å². The Bertz CT molecular complexity index is 351. The number of hydrogen-bond acceptors (Lipinski definition) is 3. The highest BCUT2D eigenvalue weighted by atomic mass is 32.1. The molecule has 0 saturated heterocycles. The number of carbonyl (C=O) groups excluding carboxylic acids is 2. The van der Waals surface area contributed by atoms with Gasteiger partial charge in [0.2, 0.25) is 0 Å². The Morgan fingerprint density at radius 1 is 1.46 bits per heavy atom. The van der Waals surface area contributed by atoms with Crippen LogP contribution >= 0.6 is 12.2 Å². The van der Waals surface area contributed by atoms with Gasteiger partial charge in [0.25, 0.3) is 11.8 Å². The third-order valence-electron chi connectivity index (χ3n) is 2.03. The van der Waals surface area contributed by atoms with Gasteiger partial charge in [-0.1, -0.05) is 5.02 Å². The molecule has 68 valence electrons. The SMILES string of the molecule is CC1=C(CC=C=S)C(=O)N(C)C1=O. The predicted molar refractivity (Wildman–Crippen MR) is 52.3 cm³/mol. The van der Waals surface area contributed by atoms with E-state index in [1.165, 1.54) is 7.05 Å². The van der Waals surface area contributed by atoms with E-state index >= 15 is 0 Å². The van der Waals surface area contributed by atoms with Gasteiger partial charge >= 0.3 is 0 Å². The van der Waals surface area contributed by atoms with E-state index in [1.54, 1.807) is 13.0 Å². The summed E-state index contributed by atoms with van der Waals surface area (Å²) in [6.07, 6.45) is 1.96. The van der Waals surface area contributed by atoms with E-state index in [2.05, 4.69) is 17.2 Å². The van der Waals surface area contributed by atoms with Crippen LogP contribution in [0.4, 0.5) is 0 Å². The zero-order valence-corrected chi connectivity index (χ0v) is 8.27. The van der Waals surface area contributed by atoms with Gasteiger partial charge in [-0.2, -0.15) is 0 Å². The zero-order chi connectivity index (χ0) is 10.0. The largest absolute Gasteiger partial charge is 0.278 e. The average molecular weight is 195 g/mol. The number of imide groups is 1. The molecule has 0 saturated carbocycles. The van der Waals surface area contributed by atoms with Crippen LogP contribution in [-0.2, 0) is 9.59 Å². The first-order chi connectivity index (χ1) is 6.09. The second-order valence-electron chi connectivity index (χ2n) is 2.80. The van der Waals surface area contributed by atoms with Crippen molar-refractivity contribution in [2.45, 2.75) is 13.3 Å². The molecule has 0 spiro atoms. The lowest BCUT2D eigenvalue weighted by Crippen LogP contribution is -2.26. The van der Waals surface area contributed by atoms with Crippen molar-refractivity contribution < 1.29 is 9.59 Å². The van der Waals surface area contributed by atoms with Crippen molar-refractivity contribution in [3.63, 3.8) is 0 Å². The van der Waals surface area contributed by atoms with E-state index in [4.69, 9.17) is 0 Å². The maximum Gasteiger partial charge on any atom is 0.257 e. The number of rotatable bonds is 2. The molecular weight excluding hydrogens is 186 g/mol. The van der Waals surface area contributed by atoms with Crippen molar-refractivity contribution in [3.05, 3.63) is 17.2 Å². The van der Waals surface area contributed by atoms with Crippen LogP contribution in [0.2, 0.25) is 0 Å². The Labute approximate surface area is 81.7 Å². The molecule has 4 heteroatoms. The second-order valence-corrected chi connectivity index (χ2v) is 3.03. The van der Waals surface area contributed by atoms with Crippen LogP contribution in [0.3, 0.4) is 0 Å². The van der Waals surface area contributed by atoms with E-state index in [-0.39, 0.29) is 11.8 Å². The summed E-state index contributed by atoms with van der Waals surface area (Å²) in [7, 11) is 1.47. The van der Waals surface area contributed by atoms with Gasteiger partial charge in [0.05, 0.1) is 0 Å². The molecule has 0 fully saturated rings. The molecule has 0 aromatic heterocycles. The van der Waals surface area contributed by atoms with Crippen LogP contribution in [-0.4, -0.2) is 28.8 Å². The third-order valence-corrected chi connectivity index (χ3v) is 2.20. The van der Waals surface area contributed by atoms with Gasteiger partial charge in [-0.05, 0) is 25.2 Å². The van der Waals surface area contributed by atoms with Gasteiger partial charge in [-0.25, -0.2) is 0 Å². The molecule has 0 unspecified atom stereocenters. The van der Waals surface area contributed by atoms with E-state index in [0.717, 1.165) is 4.90 Å². The standard InChI is InChI=1S/C9H9NO2S/c1-6-7(4-3-5-13)9(12)10(2)8(6)11/h3H,4H2,1-2H3. The fourth-order valence-corrected chi connectivity index (χ4v) is 1.30. The minimum atomic E-state index is -0.232. The number of thiocarbonyl (C=S) groups is 1. The number of likely N-dealkylation sites (N-methyl/N-ethyl adjacent to an activating group) is 1. The maximum atomic E-state index is 11.4. The van der Waals surface area contributed by atoms with Crippen LogP contribution in [0.5, 0.6) is 0 Å². The first kappa shape index (κ1) is 9.84. The van der Waals surface area contributed by atoms with Crippen molar-refractivity contribution >= 4 is 29.1 Å². The molecule has 1 rings (SSSR count). The second kappa shape index (κ2) is 3.64. The molecule has 0 radical (unpaired) electrons.